The number of likely N-dealkylation sites (tertiary alicyclic amines) is 1. The van der Waals surface area contributed by atoms with Gasteiger partial charge < -0.3 is 14.6 Å². The van der Waals surface area contributed by atoms with Gasteiger partial charge >= 0.3 is 0 Å². The van der Waals surface area contributed by atoms with Crippen LogP contribution in [0.3, 0.4) is 0 Å². The molecule has 26 heavy (non-hydrogen) atoms. The molecule has 2 atom stereocenters. The van der Waals surface area contributed by atoms with E-state index in [0.717, 1.165) is 29.8 Å². The molecule has 1 N–H and O–H groups in total. The number of halogens is 1. The predicted molar refractivity (Wildman–Crippen MR) is 98.1 cm³/mol. The second kappa shape index (κ2) is 7.16. The molecule has 4 rings (SSSR count). The summed E-state index contributed by atoms with van der Waals surface area (Å²) >= 11 is 6.23. The van der Waals surface area contributed by atoms with Crippen LogP contribution in [-0.4, -0.2) is 35.8 Å². The highest BCUT2D eigenvalue weighted by Crippen LogP contribution is 2.49. The maximum Gasteiger partial charge on any atom is 0.289 e. The van der Waals surface area contributed by atoms with Gasteiger partial charge in [-0.05, 0) is 48.9 Å². The second-order valence-electron chi connectivity index (χ2n) is 7.02. The molecule has 6 heteroatoms. The summed E-state index contributed by atoms with van der Waals surface area (Å²) in [5.41, 5.74) is 1.06. The number of nitrogens with one attached hydrogen (secondary N) is 1. The van der Waals surface area contributed by atoms with E-state index in [2.05, 4.69) is 5.32 Å². The van der Waals surface area contributed by atoms with Crippen LogP contribution >= 0.6 is 11.6 Å². The average molecular weight is 373 g/mol. The van der Waals surface area contributed by atoms with E-state index in [1.165, 1.54) is 6.26 Å². The Hall–Kier alpha value is -2.27. The Morgan fingerprint density at radius 1 is 1.12 bits per heavy atom. The normalized spacial score (nSPS) is 22.9. The van der Waals surface area contributed by atoms with Gasteiger partial charge in [-0.2, -0.15) is 0 Å². The highest BCUT2D eigenvalue weighted by atomic mass is 35.5. The monoisotopic (exact) mass is 372 g/mol. The van der Waals surface area contributed by atoms with Crippen molar-refractivity contribution in [3.63, 3.8) is 0 Å². The number of piperidine rings is 1. The number of carbonyl (C=O) groups excluding carboxylic acids is 2. The van der Waals surface area contributed by atoms with Gasteiger partial charge in [0.05, 0.1) is 6.26 Å². The summed E-state index contributed by atoms with van der Waals surface area (Å²) < 4.78 is 5.17. The van der Waals surface area contributed by atoms with Gasteiger partial charge in [0, 0.05) is 30.1 Å². The van der Waals surface area contributed by atoms with E-state index < -0.39 is 0 Å². The van der Waals surface area contributed by atoms with Crippen LogP contribution in [0, 0.1) is 5.92 Å². The molecule has 0 spiro atoms. The molecule has 2 aliphatic rings. The van der Waals surface area contributed by atoms with Crippen molar-refractivity contribution >= 4 is 23.4 Å². The van der Waals surface area contributed by atoms with Crippen molar-refractivity contribution in [2.45, 2.75) is 31.2 Å². The fourth-order valence-electron chi connectivity index (χ4n) is 3.70. The Morgan fingerprint density at radius 3 is 2.58 bits per heavy atom. The lowest BCUT2D eigenvalue weighted by Crippen LogP contribution is -2.47. The van der Waals surface area contributed by atoms with E-state index in [1.807, 2.05) is 24.3 Å². The van der Waals surface area contributed by atoms with E-state index in [-0.39, 0.29) is 29.7 Å². The molecule has 1 aromatic carbocycles. The molecule has 1 saturated carbocycles. The number of hydrogen-bond acceptors (Lipinski definition) is 3. The zero-order valence-corrected chi connectivity index (χ0v) is 15.1. The van der Waals surface area contributed by atoms with Crippen LogP contribution < -0.4 is 5.32 Å². The van der Waals surface area contributed by atoms with Crippen LogP contribution in [0.4, 0.5) is 0 Å². The second-order valence-corrected chi connectivity index (χ2v) is 7.43. The van der Waals surface area contributed by atoms with Crippen LogP contribution in [0.25, 0.3) is 0 Å². The van der Waals surface area contributed by atoms with Gasteiger partial charge in [0.1, 0.15) is 0 Å². The standard InChI is InChI=1S/C20H21ClN2O3/c21-17-5-2-1-4-14(17)15-12-16(15)19(24)22-13-7-9-23(10-8-13)20(25)18-6-3-11-26-18/h1-6,11,13,15-16H,7-10,12H2,(H,22,24). The zero-order chi connectivity index (χ0) is 18.1. The summed E-state index contributed by atoms with van der Waals surface area (Å²) in [4.78, 5) is 26.6. The fourth-order valence-corrected chi connectivity index (χ4v) is 3.97. The molecule has 1 aromatic heterocycles. The van der Waals surface area contributed by atoms with Crippen molar-refractivity contribution in [2.24, 2.45) is 5.92 Å². The Balaban J connectivity index is 1.27. The molecule has 2 amide bonds. The maximum atomic E-state index is 12.5. The molecule has 1 aliphatic heterocycles. The van der Waals surface area contributed by atoms with E-state index in [4.69, 9.17) is 16.0 Å². The van der Waals surface area contributed by atoms with Crippen molar-refractivity contribution in [2.75, 3.05) is 13.1 Å². The highest BCUT2D eigenvalue weighted by Gasteiger charge is 2.45. The van der Waals surface area contributed by atoms with Crippen molar-refractivity contribution in [1.29, 1.82) is 0 Å². The first-order valence-corrected chi connectivity index (χ1v) is 9.39. The third-order valence-electron chi connectivity index (χ3n) is 5.29. The molecular weight excluding hydrogens is 352 g/mol. The SMILES string of the molecule is O=C(NC1CCN(C(=O)c2ccco2)CC1)C1CC1c1ccccc1Cl. The van der Waals surface area contributed by atoms with Crippen molar-refractivity contribution in [3.05, 3.63) is 59.0 Å². The van der Waals surface area contributed by atoms with Gasteiger partial charge in [0.2, 0.25) is 5.91 Å². The lowest BCUT2D eigenvalue weighted by atomic mass is 10.0. The molecule has 2 fully saturated rings. The minimum atomic E-state index is -0.0826. The quantitative estimate of drug-likeness (QED) is 0.894. The van der Waals surface area contributed by atoms with Crippen LogP contribution in [0.15, 0.2) is 47.1 Å². The van der Waals surface area contributed by atoms with Crippen LogP contribution in [0.1, 0.15) is 41.3 Å². The lowest BCUT2D eigenvalue weighted by Gasteiger charge is -2.32. The van der Waals surface area contributed by atoms with Gasteiger partial charge in [-0.15, -0.1) is 0 Å². The van der Waals surface area contributed by atoms with Crippen LogP contribution in [0.5, 0.6) is 0 Å². The molecule has 2 heterocycles. The van der Waals surface area contributed by atoms with Gasteiger partial charge in [0.15, 0.2) is 5.76 Å². The smallest absolute Gasteiger partial charge is 0.289 e. The molecule has 136 valence electrons. The largest absolute Gasteiger partial charge is 0.459 e. The first kappa shape index (κ1) is 17.2. The van der Waals surface area contributed by atoms with E-state index in [1.54, 1.807) is 17.0 Å². The number of rotatable bonds is 4. The number of benzene rings is 1. The minimum absolute atomic E-state index is 0.0117. The van der Waals surface area contributed by atoms with E-state index in [9.17, 15) is 9.59 Å². The summed E-state index contributed by atoms with van der Waals surface area (Å²) in [6.07, 6.45) is 3.89. The summed E-state index contributed by atoms with van der Waals surface area (Å²) in [7, 11) is 0. The van der Waals surface area contributed by atoms with Gasteiger partial charge in [-0.25, -0.2) is 0 Å². The number of carbonyl (C=O) groups is 2. The molecule has 5 nitrogen and oxygen atoms in total. The molecule has 0 bridgehead atoms. The van der Waals surface area contributed by atoms with Gasteiger partial charge in [-0.1, -0.05) is 29.8 Å². The first-order chi connectivity index (χ1) is 12.6. The Labute approximate surface area is 157 Å². The fraction of sp³-hybridized carbons (Fsp3) is 0.400. The topological polar surface area (TPSA) is 62.6 Å². The zero-order valence-electron chi connectivity index (χ0n) is 14.4. The average Bonchev–Trinajstić information content (AvgIpc) is 3.26. The predicted octanol–water partition coefficient (Wildman–Crippen LogP) is 3.46. The lowest BCUT2D eigenvalue weighted by molar-refractivity contribution is -0.123. The number of hydrogen-bond donors (Lipinski definition) is 1. The summed E-state index contributed by atoms with van der Waals surface area (Å²) in [5.74, 6) is 0.626. The summed E-state index contributed by atoms with van der Waals surface area (Å²) in [5, 5.41) is 3.88. The molecule has 2 unspecified atom stereocenters. The molecule has 1 saturated heterocycles. The first-order valence-electron chi connectivity index (χ1n) is 9.01. The Morgan fingerprint density at radius 2 is 1.88 bits per heavy atom. The van der Waals surface area contributed by atoms with Crippen LogP contribution in [-0.2, 0) is 4.79 Å². The molecule has 1 aliphatic carbocycles. The number of nitrogens with zero attached hydrogens (tertiary/aromatic N) is 1. The Kier molecular flexibility index (Phi) is 4.72. The van der Waals surface area contributed by atoms with Crippen molar-refractivity contribution < 1.29 is 14.0 Å². The van der Waals surface area contributed by atoms with E-state index in [0.29, 0.717) is 18.8 Å². The summed E-state index contributed by atoms with van der Waals surface area (Å²) in [6.45, 7) is 1.26. The summed E-state index contributed by atoms with van der Waals surface area (Å²) in [6, 6.07) is 11.2. The number of furan rings is 1. The molecular formula is C20H21ClN2O3. The van der Waals surface area contributed by atoms with Gasteiger partial charge in [-0.3, -0.25) is 9.59 Å². The van der Waals surface area contributed by atoms with Gasteiger partial charge in [0.25, 0.3) is 5.91 Å². The maximum absolute atomic E-state index is 12.5. The third-order valence-corrected chi connectivity index (χ3v) is 5.64. The molecule has 0 radical (unpaired) electrons. The molecule has 2 aromatic rings. The van der Waals surface area contributed by atoms with Crippen molar-refractivity contribution in [1.82, 2.24) is 10.2 Å². The van der Waals surface area contributed by atoms with Crippen molar-refractivity contribution in [3.8, 4) is 0 Å². The third kappa shape index (κ3) is 3.49. The van der Waals surface area contributed by atoms with E-state index >= 15 is 0 Å². The Bertz CT molecular complexity index is 797. The minimum Gasteiger partial charge on any atom is -0.459 e. The highest BCUT2D eigenvalue weighted by molar-refractivity contribution is 6.31. The van der Waals surface area contributed by atoms with Crippen LogP contribution in [0.2, 0.25) is 5.02 Å². The number of amides is 2.